The first-order chi connectivity index (χ1) is 7.65. The first kappa shape index (κ1) is 11.9. The molecule has 1 aliphatic rings. The minimum Gasteiger partial charge on any atom is -0.508 e. The van der Waals surface area contributed by atoms with Crippen LogP contribution in [0.3, 0.4) is 0 Å². The molecule has 3 heteroatoms. The minimum atomic E-state index is 0.370. The number of benzene rings is 1. The fraction of sp³-hybridized carbons (Fsp3) is 0.538. The highest BCUT2D eigenvalue weighted by Gasteiger charge is 2.23. The van der Waals surface area contributed by atoms with E-state index in [1.54, 1.807) is 6.07 Å². The zero-order valence-corrected chi connectivity index (χ0v) is 11.1. The molecule has 1 aromatic rings. The number of hydrogen-bond acceptors (Lipinski definition) is 2. The molecule has 0 saturated heterocycles. The van der Waals surface area contributed by atoms with Crippen LogP contribution in [0.4, 0.5) is 0 Å². The van der Waals surface area contributed by atoms with Crippen molar-refractivity contribution in [2.45, 2.75) is 38.8 Å². The summed E-state index contributed by atoms with van der Waals surface area (Å²) in [5, 5.41) is 13.1. The highest BCUT2D eigenvalue weighted by molar-refractivity contribution is 9.10. The second kappa shape index (κ2) is 5.19. The first-order valence-electron chi connectivity index (χ1n) is 5.86. The third-order valence-electron chi connectivity index (χ3n) is 3.07. The van der Waals surface area contributed by atoms with Gasteiger partial charge in [0.05, 0.1) is 0 Å². The zero-order valence-electron chi connectivity index (χ0n) is 9.54. The molecule has 0 spiro atoms. The fourth-order valence-corrected chi connectivity index (χ4v) is 2.33. The average molecular weight is 284 g/mol. The first-order valence-corrected chi connectivity index (χ1v) is 6.65. The standard InChI is InChI=1S/C13H18BrNO/c1-9(6-10-2-3-10)15-8-11-7-12(14)4-5-13(11)16/h4-5,7,9-10,15-16H,2-3,6,8H2,1H3. The topological polar surface area (TPSA) is 32.3 Å². The van der Waals surface area contributed by atoms with E-state index in [1.165, 1.54) is 19.3 Å². The number of nitrogens with one attached hydrogen (secondary N) is 1. The molecule has 0 aliphatic heterocycles. The van der Waals surface area contributed by atoms with Crippen molar-refractivity contribution in [1.29, 1.82) is 0 Å². The van der Waals surface area contributed by atoms with Crippen LogP contribution >= 0.6 is 15.9 Å². The van der Waals surface area contributed by atoms with Crippen LogP contribution in [0.25, 0.3) is 0 Å². The molecule has 2 nitrogen and oxygen atoms in total. The van der Waals surface area contributed by atoms with Crippen molar-refractivity contribution in [3.8, 4) is 5.75 Å². The van der Waals surface area contributed by atoms with Crippen LogP contribution < -0.4 is 5.32 Å². The normalized spacial score (nSPS) is 17.4. The van der Waals surface area contributed by atoms with Gasteiger partial charge in [-0.15, -0.1) is 0 Å². The molecule has 1 unspecified atom stereocenters. The molecule has 88 valence electrons. The van der Waals surface area contributed by atoms with Gasteiger partial charge in [-0.2, -0.15) is 0 Å². The lowest BCUT2D eigenvalue weighted by Gasteiger charge is -2.14. The van der Waals surface area contributed by atoms with E-state index in [9.17, 15) is 5.11 Å². The number of halogens is 1. The van der Waals surface area contributed by atoms with E-state index in [-0.39, 0.29) is 0 Å². The van der Waals surface area contributed by atoms with Gasteiger partial charge in [-0.1, -0.05) is 28.8 Å². The van der Waals surface area contributed by atoms with E-state index >= 15 is 0 Å². The molecule has 1 aliphatic carbocycles. The maximum atomic E-state index is 9.68. The average Bonchev–Trinajstić information content (AvgIpc) is 3.03. The van der Waals surface area contributed by atoms with Crippen molar-refractivity contribution in [2.24, 2.45) is 5.92 Å². The third kappa shape index (κ3) is 3.49. The lowest BCUT2D eigenvalue weighted by atomic mass is 10.1. The van der Waals surface area contributed by atoms with E-state index in [1.807, 2.05) is 12.1 Å². The predicted octanol–water partition coefficient (Wildman–Crippen LogP) is 3.43. The zero-order chi connectivity index (χ0) is 11.5. The quantitative estimate of drug-likeness (QED) is 0.868. The summed E-state index contributed by atoms with van der Waals surface area (Å²) >= 11 is 3.41. The Morgan fingerprint density at radius 3 is 2.94 bits per heavy atom. The van der Waals surface area contributed by atoms with Crippen LogP contribution in [0.15, 0.2) is 22.7 Å². The van der Waals surface area contributed by atoms with Gasteiger partial charge in [0, 0.05) is 22.6 Å². The Morgan fingerprint density at radius 1 is 1.50 bits per heavy atom. The lowest BCUT2D eigenvalue weighted by molar-refractivity contribution is 0.449. The molecular weight excluding hydrogens is 266 g/mol. The van der Waals surface area contributed by atoms with Gasteiger partial charge in [-0.3, -0.25) is 0 Å². The maximum absolute atomic E-state index is 9.68. The summed E-state index contributed by atoms with van der Waals surface area (Å²) in [6.45, 7) is 2.95. The highest BCUT2D eigenvalue weighted by Crippen LogP contribution is 2.33. The number of aromatic hydroxyl groups is 1. The Hall–Kier alpha value is -0.540. The molecule has 2 N–H and O–H groups in total. The number of phenols is 1. The van der Waals surface area contributed by atoms with E-state index in [0.717, 1.165) is 22.5 Å². The second-order valence-corrected chi connectivity index (χ2v) is 5.65. The largest absolute Gasteiger partial charge is 0.508 e. The van der Waals surface area contributed by atoms with Crippen LogP contribution in [0.5, 0.6) is 5.75 Å². The monoisotopic (exact) mass is 283 g/mol. The van der Waals surface area contributed by atoms with Crippen LogP contribution in [-0.2, 0) is 6.54 Å². The Balaban J connectivity index is 1.85. The van der Waals surface area contributed by atoms with Gasteiger partial charge in [0.25, 0.3) is 0 Å². The van der Waals surface area contributed by atoms with E-state index < -0.39 is 0 Å². The Kier molecular flexibility index (Phi) is 3.87. The SMILES string of the molecule is CC(CC1CC1)NCc1cc(Br)ccc1O. The number of rotatable bonds is 5. The van der Waals surface area contributed by atoms with Crippen molar-refractivity contribution in [3.05, 3.63) is 28.2 Å². The van der Waals surface area contributed by atoms with Crippen molar-refractivity contribution < 1.29 is 5.11 Å². The van der Waals surface area contributed by atoms with Gasteiger partial charge in [-0.25, -0.2) is 0 Å². The molecule has 0 bridgehead atoms. The molecule has 1 atom stereocenters. The molecule has 16 heavy (non-hydrogen) atoms. The summed E-state index contributed by atoms with van der Waals surface area (Å²) in [6.07, 6.45) is 4.05. The fourth-order valence-electron chi connectivity index (χ4n) is 1.92. The van der Waals surface area contributed by atoms with Crippen molar-refractivity contribution in [2.75, 3.05) is 0 Å². The van der Waals surface area contributed by atoms with Crippen molar-refractivity contribution in [3.63, 3.8) is 0 Å². The summed E-state index contributed by atoms with van der Waals surface area (Å²) < 4.78 is 1.01. The summed E-state index contributed by atoms with van der Waals surface area (Å²) in [4.78, 5) is 0. The molecule has 2 rings (SSSR count). The van der Waals surface area contributed by atoms with Gasteiger partial charge in [-0.05, 0) is 37.5 Å². The molecule has 1 fully saturated rings. The molecule has 0 aromatic heterocycles. The Bertz CT molecular complexity index is 363. The van der Waals surface area contributed by atoms with Gasteiger partial charge < -0.3 is 10.4 Å². The van der Waals surface area contributed by atoms with Crippen molar-refractivity contribution >= 4 is 15.9 Å². The molecular formula is C13H18BrNO. The molecule has 0 amide bonds. The van der Waals surface area contributed by atoms with Crippen molar-refractivity contribution in [1.82, 2.24) is 5.32 Å². The van der Waals surface area contributed by atoms with Gasteiger partial charge in [0.2, 0.25) is 0 Å². The second-order valence-electron chi connectivity index (χ2n) is 4.73. The summed E-state index contributed by atoms with van der Waals surface area (Å²) in [5.41, 5.74) is 0.956. The molecule has 1 saturated carbocycles. The maximum Gasteiger partial charge on any atom is 0.120 e. The highest BCUT2D eigenvalue weighted by atomic mass is 79.9. The van der Waals surface area contributed by atoms with E-state index in [0.29, 0.717) is 11.8 Å². The smallest absolute Gasteiger partial charge is 0.120 e. The summed E-state index contributed by atoms with van der Waals surface area (Å²) in [5.74, 6) is 1.31. The van der Waals surface area contributed by atoms with E-state index in [4.69, 9.17) is 0 Å². The van der Waals surface area contributed by atoms with Gasteiger partial charge in [0.1, 0.15) is 5.75 Å². The summed E-state index contributed by atoms with van der Waals surface area (Å²) in [6, 6.07) is 6.08. The molecule has 1 aromatic carbocycles. The Labute approximate surface area is 105 Å². The van der Waals surface area contributed by atoms with Gasteiger partial charge in [0.15, 0.2) is 0 Å². The molecule has 0 radical (unpaired) electrons. The predicted molar refractivity (Wildman–Crippen MR) is 69.4 cm³/mol. The van der Waals surface area contributed by atoms with E-state index in [2.05, 4.69) is 28.2 Å². The lowest BCUT2D eigenvalue weighted by Crippen LogP contribution is -2.25. The number of phenolic OH excluding ortho intramolecular Hbond substituents is 1. The van der Waals surface area contributed by atoms with Crippen LogP contribution in [-0.4, -0.2) is 11.1 Å². The number of hydrogen-bond donors (Lipinski definition) is 2. The van der Waals surface area contributed by atoms with Gasteiger partial charge >= 0.3 is 0 Å². The molecule has 0 heterocycles. The van der Waals surface area contributed by atoms with Crippen LogP contribution in [0.1, 0.15) is 31.7 Å². The summed E-state index contributed by atoms with van der Waals surface area (Å²) in [7, 11) is 0. The Morgan fingerprint density at radius 2 is 2.25 bits per heavy atom. The third-order valence-corrected chi connectivity index (χ3v) is 3.56. The van der Waals surface area contributed by atoms with Crippen LogP contribution in [0, 0.1) is 5.92 Å². The minimum absolute atomic E-state index is 0.370. The van der Waals surface area contributed by atoms with Crippen LogP contribution in [0.2, 0.25) is 0 Å².